The van der Waals surface area contributed by atoms with E-state index in [2.05, 4.69) is 22.8 Å². The molecule has 0 bridgehead atoms. The zero-order valence-electron chi connectivity index (χ0n) is 21.9. The van der Waals surface area contributed by atoms with Crippen molar-refractivity contribution in [1.82, 2.24) is 5.32 Å². The third-order valence-electron chi connectivity index (χ3n) is 6.50. The Balaban J connectivity index is 1.27. The Kier molecular flexibility index (Phi) is 8.41. The predicted octanol–water partition coefficient (Wildman–Crippen LogP) is 6.37. The second-order valence-electron chi connectivity index (χ2n) is 9.42. The summed E-state index contributed by atoms with van der Waals surface area (Å²) in [7, 11) is 0. The largest absolute Gasteiger partial charge is 0.508 e. The molecule has 0 unspecified atom stereocenters. The van der Waals surface area contributed by atoms with Crippen LogP contribution in [0.5, 0.6) is 11.5 Å². The van der Waals surface area contributed by atoms with Crippen molar-refractivity contribution in [2.24, 2.45) is 0 Å². The number of hydrogen-bond acceptors (Lipinski definition) is 5. The summed E-state index contributed by atoms with van der Waals surface area (Å²) in [5, 5.41) is 16.2. The monoisotopic (exact) mass is 534 g/mol. The molecule has 7 heteroatoms. The third-order valence-corrected chi connectivity index (χ3v) is 6.50. The van der Waals surface area contributed by atoms with Gasteiger partial charge in [0.15, 0.2) is 5.76 Å². The summed E-state index contributed by atoms with van der Waals surface area (Å²) < 4.78 is 11.8. The molecule has 0 aliphatic carbocycles. The fourth-order valence-electron chi connectivity index (χ4n) is 4.35. The number of carbonyl (C=O) groups is 2. The highest BCUT2D eigenvalue weighted by Gasteiger charge is 2.17. The van der Waals surface area contributed by atoms with Gasteiger partial charge in [0.25, 0.3) is 11.8 Å². The van der Waals surface area contributed by atoms with Crippen LogP contribution in [0.4, 0.5) is 5.69 Å². The van der Waals surface area contributed by atoms with Crippen molar-refractivity contribution in [3.05, 3.63) is 126 Å². The van der Waals surface area contributed by atoms with Crippen LogP contribution in [0, 0.1) is 0 Å². The van der Waals surface area contributed by atoms with Gasteiger partial charge in [0.1, 0.15) is 17.1 Å². The summed E-state index contributed by atoms with van der Waals surface area (Å²) in [6.07, 6.45) is 2.27. The fraction of sp³-hybridized carbons (Fsp3) is 0.152. The van der Waals surface area contributed by atoms with Gasteiger partial charge in [-0.25, -0.2) is 0 Å². The molecule has 0 aliphatic heterocycles. The molecule has 0 atom stereocenters. The van der Waals surface area contributed by atoms with Gasteiger partial charge in [0.05, 0.1) is 12.3 Å². The molecule has 0 spiro atoms. The van der Waals surface area contributed by atoms with Gasteiger partial charge in [-0.3, -0.25) is 9.59 Å². The van der Waals surface area contributed by atoms with Crippen LogP contribution in [-0.4, -0.2) is 30.1 Å². The van der Waals surface area contributed by atoms with Crippen molar-refractivity contribution >= 4 is 28.5 Å². The standard InChI is InChI=1S/C33H30N2O5/c36-27-15-12-24(13-16-27)18-20-39-30-22-26(32(37)34-19-6-9-23-7-2-1-3-8-23)14-17-28(30)35-33(38)31-21-25-10-4-5-11-29(25)40-31/h1-5,7-8,10-17,21-22,36H,6,9,18-20H2,(H,34,37)(H,35,38). The first-order valence-electron chi connectivity index (χ1n) is 13.2. The van der Waals surface area contributed by atoms with Crippen molar-refractivity contribution in [1.29, 1.82) is 0 Å². The molecular weight excluding hydrogens is 504 g/mol. The molecule has 1 aromatic heterocycles. The number of para-hydroxylation sites is 1. The van der Waals surface area contributed by atoms with Crippen LogP contribution < -0.4 is 15.4 Å². The Bertz CT molecular complexity index is 1560. The lowest BCUT2D eigenvalue weighted by Crippen LogP contribution is -2.25. The van der Waals surface area contributed by atoms with Gasteiger partial charge in [0.2, 0.25) is 0 Å². The second-order valence-corrected chi connectivity index (χ2v) is 9.42. The molecule has 7 nitrogen and oxygen atoms in total. The van der Waals surface area contributed by atoms with Crippen LogP contribution >= 0.6 is 0 Å². The number of fused-ring (bicyclic) bond motifs is 1. The smallest absolute Gasteiger partial charge is 0.291 e. The zero-order chi connectivity index (χ0) is 27.7. The first kappa shape index (κ1) is 26.6. The maximum absolute atomic E-state index is 13.0. The summed E-state index contributed by atoms with van der Waals surface area (Å²) in [5.41, 5.74) is 3.69. The highest BCUT2D eigenvalue weighted by Crippen LogP contribution is 2.28. The number of anilines is 1. The minimum Gasteiger partial charge on any atom is -0.508 e. The number of furan rings is 1. The number of hydrogen-bond donors (Lipinski definition) is 3. The number of rotatable bonds is 11. The highest BCUT2D eigenvalue weighted by atomic mass is 16.5. The van der Waals surface area contributed by atoms with E-state index in [1.54, 1.807) is 42.5 Å². The SMILES string of the molecule is O=C(NCCCc1ccccc1)c1ccc(NC(=O)c2cc3ccccc3o2)c(OCCc2ccc(O)cc2)c1. The molecule has 2 amide bonds. The van der Waals surface area contributed by atoms with Crippen LogP contribution in [0.2, 0.25) is 0 Å². The lowest BCUT2D eigenvalue weighted by Gasteiger charge is -2.14. The van der Waals surface area contributed by atoms with Gasteiger partial charge in [-0.1, -0.05) is 60.7 Å². The number of benzene rings is 4. The topological polar surface area (TPSA) is 101 Å². The van der Waals surface area contributed by atoms with Crippen LogP contribution in [0.15, 0.2) is 108 Å². The normalized spacial score (nSPS) is 10.8. The van der Waals surface area contributed by atoms with E-state index in [-0.39, 0.29) is 17.4 Å². The van der Waals surface area contributed by atoms with Gasteiger partial charge in [-0.2, -0.15) is 0 Å². The molecule has 0 fully saturated rings. The Morgan fingerprint density at radius 3 is 2.33 bits per heavy atom. The lowest BCUT2D eigenvalue weighted by molar-refractivity contribution is 0.0952. The molecular formula is C33H30N2O5. The second kappa shape index (κ2) is 12.7. The predicted molar refractivity (Wildman–Crippen MR) is 155 cm³/mol. The van der Waals surface area contributed by atoms with Crippen molar-refractivity contribution < 1.29 is 23.8 Å². The Morgan fingerprint density at radius 2 is 1.52 bits per heavy atom. The minimum absolute atomic E-state index is 0.177. The maximum atomic E-state index is 13.0. The number of nitrogens with one attached hydrogen (secondary N) is 2. The molecule has 1 heterocycles. The Labute approximate surface area is 232 Å². The molecule has 5 aromatic rings. The van der Waals surface area contributed by atoms with Crippen LogP contribution in [0.25, 0.3) is 11.0 Å². The summed E-state index contributed by atoms with van der Waals surface area (Å²) in [6, 6.07) is 31.1. The molecule has 0 radical (unpaired) electrons. The third kappa shape index (κ3) is 6.88. The quantitative estimate of drug-likeness (QED) is 0.171. The average molecular weight is 535 g/mol. The molecule has 3 N–H and O–H groups in total. The van der Waals surface area contributed by atoms with E-state index in [1.165, 1.54) is 5.56 Å². The molecule has 40 heavy (non-hydrogen) atoms. The van der Waals surface area contributed by atoms with E-state index in [1.807, 2.05) is 48.5 Å². The van der Waals surface area contributed by atoms with E-state index in [9.17, 15) is 14.7 Å². The molecule has 5 rings (SSSR count). The average Bonchev–Trinajstić information content (AvgIpc) is 3.42. The van der Waals surface area contributed by atoms with Crippen LogP contribution in [0.1, 0.15) is 38.5 Å². The number of amides is 2. The number of phenols is 1. The highest BCUT2D eigenvalue weighted by molar-refractivity contribution is 6.05. The van der Waals surface area contributed by atoms with Gasteiger partial charge in [-0.05, 0) is 66.4 Å². The zero-order valence-corrected chi connectivity index (χ0v) is 21.9. The first-order valence-corrected chi connectivity index (χ1v) is 13.2. The number of carbonyl (C=O) groups excluding carboxylic acids is 2. The van der Waals surface area contributed by atoms with Gasteiger partial charge >= 0.3 is 0 Å². The number of phenolic OH excluding ortho intramolecular Hbond substituents is 1. The van der Waals surface area contributed by atoms with Gasteiger partial charge in [0, 0.05) is 23.9 Å². The van der Waals surface area contributed by atoms with Crippen LogP contribution in [-0.2, 0) is 12.8 Å². The minimum atomic E-state index is -0.419. The number of aromatic hydroxyl groups is 1. The lowest BCUT2D eigenvalue weighted by atomic mass is 10.1. The van der Waals surface area contributed by atoms with Crippen molar-refractivity contribution in [2.75, 3.05) is 18.5 Å². The van der Waals surface area contributed by atoms with E-state index >= 15 is 0 Å². The number of aryl methyl sites for hydroxylation is 1. The Hall–Kier alpha value is -5.04. The summed E-state index contributed by atoms with van der Waals surface area (Å²) in [4.78, 5) is 25.9. The maximum Gasteiger partial charge on any atom is 0.291 e. The first-order chi connectivity index (χ1) is 19.5. The van der Waals surface area contributed by atoms with E-state index in [0.717, 1.165) is 23.8 Å². The molecule has 4 aromatic carbocycles. The van der Waals surface area contributed by atoms with E-state index < -0.39 is 5.91 Å². The number of ether oxygens (including phenoxy) is 1. The molecule has 0 saturated carbocycles. The summed E-state index contributed by atoms with van der Waals surface area (Å²) in [6.45, 7) is 0.843. The van der Waals surface area contributed by atoms with Gasteiger partial charge in [-0.15, -0.1) is 0 Å². The van der Waals surface area contributed by atoms with E-state index in [4.69, 9.17) is 9.15 Å². The van der Waals surface area contributed by atoms with E-state index in [0.29, 0.717) is 42.2 Å². The van der Waals surface area contributed by atoms with Crippen molar-refractivity contribution in [3.63, 3.8) is 0 Å². The molecule has 0 saturated heterocycles. The van der Waals surface area contributed by atoms with Gasteiger partial charge < -0.3 is 24.9 Å². The van der Waals surface area contributed by atoms with Crippen molar-refractivity contribution in [3.8, 4) is 11.5 Å². The molecule has 0 aliphatic rings. The fourth-order valence-corrected chi connectivity index (χ4v) is 4.35. The van der Waals surface area contributed by atoms with Crippen LogP contribution in [0.3, 0.4) is 0 Å². The Morgan fingerprint density at radius 1 is 0.775 bits per heavy atom. The summed E-state index contributed by atoms with van der Waals surface area (Å²) in [5.74, 6) is 0.115. The summed E-state index contributed by atoms with van der Waals surface area (Å²) >= 11 is 0. The molecule has 202 valence electrons. The van der Waals surface area contributed by atoms with Crippen molar-refractivity contribution in [2.45, 2.75) is 19.3 Å².